The van der Waals surface area contributed by atoms with Crippen LogP contribution in [0.3, 0.4) is 0 Å². The van der Waals surface area contributed by atoms with Crippen molar-refractivity contribution < 1.29 is 13.2 Å². The van der Waals surface area contributed by atoms with Crippen molar-refractivity contribution in [2.24, 2.45) is 0 Å². The van der Waals surface area contributed by atoms with Gasteiger partial charge in [0.25, 0.3) is 0 Å². The molecule has 1 atom stereocenters. The topological polar surface area (TPSA) is 24.1 Å². The minimum Gasteiger partial charge on any atom is -0.381 e. The highest BCUT2D eigenvalue weighted by molar-refractivity contribution is 5.71. The number of halogens is 3. The first-order valence-electron chi connectivity index (χ1n) is 4.23. The standard InChI is InChI=1S/C9H9F3N2/c10-9(11,12)8-5-13-6-3-1-2-4-7(6)14-8/h1-4,8,13-14H,5H2/t8-/m1/s1. The maximum atomic E-state index is 12.3. The number of benzene rings is 1. The quantitative estimate of drug-likeness (QED) is 0.675. The summed E-state index contributed by atoms with van der Waals surface area (Å²) in [5.41, 5.74) is 1.22. The van der Waals surface area contributed by atoms with Crippen molar-refractivity contribution in [3.63, 3.8) is 0 Å². The van der Waals surface area contributed by atoms with Gasteiger partial charge in [-0.25, -0.2) is 0 Å². The molecule has 0 saturated heterocycles. The Morgan fingerprint density at radius 1 is 1.14 bits per heavy atom. The lowest BCUT2D eigenvalue weighted by Gasteiger charge is -2.29. The summed E-state index contributed by atoms with van der Waals surface area (Å²) in [6, 6.07) is 5.35. The predicted octanol–water partition coefficient (Wildman–Crippen LogP) is 2.45. The summed E-state index contributed by atoms with van der Waals surface area (Å²) in [4.78, 5) is 0. The number of hydrogen-bond donors (Lipinski definition) is 2. The van der Waals surface area contributed by atoms with E-state index in [1.165, 1.54) is 0 Å². The van der Waals surface area contributed by atoms with Crippen molar-refractivity contribution in [1.82, 2.24) is 0 Å². The minimum atomic E-state index is -4.21. The minimum absolute atomic E-state index is 0.124. The number of hydrogen-bond acceptors (Lipinski definition) is 2. The smallest absolute Gasteiger partial charge is 0.381 e. The molecule has 0 aliphatic carbocycles. The molecule has 0 fully saturated rings. The molecule has 0 bridgehead atoms. The van der Waals surface area contributed by atoms with E-state index in [-0.39, 0.29) is 6.54 Å². The Labute approximate surface area is 79.1 Å². The number of rotatable bonds is 0. The van der Waals surface area contributed by atoms with Gasteiger partial charge >= 0.3 is 6.18 Å². The van der Waals surface area contributed by atoms with E-state index in [2.05, 4.69) is 10.6 Å². The van der Waals surface area contributed by atoms with Crippen LogP contribution in [0.1, 0.15) is 0 Å². The maximum Gasteiger partial charge on any atom is 0.410 e. The second kappa shape index (κ2) is 3.08. The first-order chi connectivity index (χ1) is 6.57. The molecule has 2 nitrogen and oxygen atoms in total. The summed E-state index contributed by atoms with van der Waals surface area (Å²) in [6.45, 7) is -0.124. The molecule has 76 valence electrons. The molecule has 14 heavy (non-hydrogen) atoms. The molecular weight excluding hydrogens is 193 g/mol. The molecule has 0 saturated carbocycles. The van der Waals surface area contributed by atoms with E-state index >= 15 is 0 Å². The molecule has 0 amide bonds. The third-order valence-electron chi connectivity index (χ3n) is 2.15. The molecule has 1 aliphatic rings. The van der Waals surface area contributed by atoms with Crippen LogP contribution in [-0.4, -0.2) is 18.8 Å². The predicted molar refractivity (Wildman–Crippen MR) is 48.4 cm³/mol. The fourth-order valence-corrected chi connectivity index (χ4v) is 1.41. The molecule has 1 aliphatic heterocycles. The van der Waals surface area contributed by atoms with Crippen LogP contribution in [0.2, 0.25) is 0 Å². The highest BCUT2D eigenvalue weighted by atomic mass is 19.4. The third kappa shape index (κ3) is 1.62. The molecular formula is C9H9F3N2. The van der Waals surface area contributed by atoms with Gasteiger partial charge in [-0.2, -0.15) is 13.2 Å². The Morgan fingerprint density at radius 2 is 1.79 bits per heavy atom. The first-order valence-corrected chi connectivity index (χ1v) is 4.23. The summed E-state index contributed by atoms with van der Waals surface area (Å²) in [7, 11) is 0. The fraction of sp³-hybridized carbons (Fsp3) is 0.333. The number of nitrogens with one attached hydrogen (secondary N) is 2. The zero-order valence-electron chi connectivity index (χ0n) is 7.23. The van der Waals surface area contributed by atoms with Crippen LogP contribution in [0.5, 0.6) is 0 Å². The van der Waals surface area contributed by atoms with Gasteiger partial charge in [0.1, 0.15) is 6.04 Å². The number of anilines is 2. The van der Waals surface area contributed by atoms with Crippen LogP contribution in [0.15, 0.2) is 24.3 Å². The second-order valence-corrected chi connectivity index (χ2v) is 3.17. The highest BCUT2D eigenvalue weighted by Crippen LogP contribution is 2.31. The van der Waals surface area contributed by atoms with E-state index in [0.29, 0.717) is 11.4 Å². The summed E-state index contributed by atoms with van der Waals surface area (Å²) in [5.74, 6) is 0. The fourth-order valence-electron chi connectivity index (χ4n) is 1.41. The molecule has 0 radical (unpaired) electrons. The zero-order valence-corrected chi connectivity index (χ0v) is 7.23. The monoisotopic (exact) mass is 202 g/mol. The van der Waals surface area contributed by atoms with Gasteiger partial charge in [-0.15, -0.1) is 0 Å². The van der Waals surface area contributed by atoms with Crippen LogP contribution >= 0.6 is 0 Å². The largest absolute Gasteiger partial charge is 0.410 e. The molecule has 0 spiro atoms. The van der Waals surface area contributed by atoms with Crippen molar-refractivity contribution >= 4 is 11.4 Å². The van der Waals surface area contributed by atoms with Crippen molar-refractivity contribution in [3.8, 4) is 0 Å². The SMILES string of the molecule is FC(F)(F)[C@H]1CNc2ccccc2N1. The third-order valence-corrected chi connectivity index (χ3v) is 2.15. The maximum absolute atomic E-state index is 12.3. The molecule has 1 heterocycles. The van der Waals surface area contributed by atoms with Crippen molar-refractivity contribution in [2.45, 2.75) is 12.2 Å². The molecule has 5 heteroatoms. The summed E-state index contributed by atoms with van der Waals surface area (Å²) < 4.78 is 37.0. The van der Waals surface area contributed by atoms with Gasteiger partial charge in [0, 0.05) is 6.54 Å². The number of fused-ring (bicyclic) bond motifs is 1. The lowest BCUT2D eigenvalue weighted by molar-refractivity contribution is -0.139. The molecule has 0 unspecified atom stereocenters. The second-order valence-electron chi connectivity index (χ2n) is 3.17. The van der Waals surface area contributed by atoms with E-state index in [9.17, 15) is 13.2 Å². The van der Waals surface area contributed by atoms with Gasteiger partial charge in [-0.05, 0) is 12.1 Å². The van der Waals surface area contributed by atoms with E-state index < -0.39 is 12.2 Å². The summed E-state index contributed by atoms with van der Waals surface area (Å²) in [6.07, 6.45) is -4.21. The van der Waals surface area contributed by atoms with Crippen LogP contribution in [-0.2, 0) is 0 Å². The van der Waals surface area contributed by atoms with Gasteiger partial charge in [0.2, 0.25) is 0 Å². The molecule has 1 aromatic carbocycles. The van der Waals surface area contributed by atoms with Gasteiger partial charge in [0.05, 0.1) is 11.4 Å². The van der Waals surface area contributed by atoms with Gasteiger partial charge in [-0.1, -0.05) is 12.1 Å². The number of alkyl halides is 3. The van der Waals surface area contributed by atoms with E-state index in [0.717, 1.165) is 0 Å². The molecule has 0 aromatic heterocycles. The van der Waals surface area contributed by atoms with Crippen LogP contribution in [0.25, 0.3) is 0 Å². The van der Waals surface area contributed by atoms with Crippen LogP contribution in [0.4, 0.5) is 24.5 Å². The average molecular weight is 202 g/mol. The summed E-state index contributed by atoms with van der Waals surface area (Å²) >= 11 is 0. The Hall–Kier alpha value is -1.39. The molecule has 2 rings (SSSR count). The zero-order chi connectivity index (χ0) is 10.2. The Balaban J connectivity index is 2.22. The summed E-state index contributed by atoms with van der Waals surface area (Å²) in [5, 5.41) is 5.19. The number of para-hydroxylation sites is 2. The van der Waals surface area contributed by atoms with Crippen molar-refractivity contribution in [1.29, 1.82) is 0 Å². The van der Waals surface area contributed by atoms with Gasteiger partial charge in [-0.3, -0.25) is 0 Å². The van der Waals surface area contributed by atoms with Gasteiger partial charge in [0.15, 0.2) is 0 Å². The Kier molecular flexibility index (Phi) is 2.02. The van der Waals surface area contributed by atoms with Crippen molar-refractivity contribution in [3.05, 3.63) is 24.3 Å². The molecule has 2 N–H and O–H groups in total. The van der Waals surface area contributed by atoms with Crippen LogP contribution in [0, 0.1) is 0 Å². The lowest BCUT2D eigenvalue weighted by atomic mass is 10.1. The van der Waals surface area contributed by atoms with E-state index in [1.54, 1.807) is 24.3 Å². The van der Waals surface area contributed by atoms with Gasteiger partial charge < -0.3 is 10.6 Å². The first kappa shape index (κ1) is 9.18. The van der Waals surface area contributed by atoms with Crippen molar-refractivity contribution in [2.75, 3.05) is 17.2 Å². The van der Waals surface area contributed by atoms with E-state index in [1.807, 2.05) is 0 Å². The Morgan fingerprint density at radius 3 is 2.43 bits per heavy atom. The molecule has 1 aromatic rings. The lowest BCUT2D eigenvalue weighted by Crippen LogP contribution is -2.44. The van der Waals surface area contributed by atoms with E-state index in [4.69, 9.17) is 0 Å². The van der Waals surface area contributed by atoms with Crippen LogP contribution < -0.4 is 10.6 Å². The Bertz CT molecular complexity index is 335. The average Bonchev–Trinajstić information content (AvgIpc) is 2.16. The highest BCUT2D eigenvalue weighted by Gasteiger charge is 2.41. The normalized spacial score (nSPS) is 20.6.